The van der Waals surface area contributed by atoms with Gasteiger partial charge in [0.15, 0.2) is 0 Å². The summed E-state index contributed by atoms with van der Waals surface area (Å²) >= 11 is 0. The minimum Gasteiger partial charge on any atom is -0.411 e. The molecule has 0 spiro atoms. The quantitative estimate of drug-likeness (QED) is 0.420. The maximum absolute atomic E-state index is 11.7. The molecule has 106 valence electrons. The van der Waals surface area contributed by atoms with E-state index in [9.17, 15) is 9.59 Å². The van der Waals surface area contributed by atoms with Crippen molar-refractivity contribution in [3.63, 3.8) is 0 Å². The third-order valence-electron chi connectivity index (χ3n) is 2.47. The molecule has 0 heterocycles. The van der Waals surface area contributed by atoms with Gasteiger partial charge >= 0.3 is 0 Å². The Morgan fingerprint density at radius 2 is 1.80 bits per heavy atom. The van der Waals surface area contributed by atoms with Crippen LogP contribution in [0.2, 0.25) is 0 Å². The molecule has 7 nitrogen and oxygen atoms in total. The van der Waals surface area contributed by atoms with Crippen LogP contribution >= 0.6 is 0 Å². The summed E-state index contributed by atoms with van der Waals surface area (Å²) in [5.74, 6) is -0.811. The van der Waals surface area contributed by atoms with Crippen molar-refractivity contribution in [1.82, 2.24) is 10.7 Å². The molecule has 0 bridgehead atoms. The van der Waals surface area contributed by atoms with E-state index in [4.69, 9.17) is 5.21 Å². The highest BCUT2D eigenvalue weighted by molar-refractivity contribution is 6.40. The predicted octanol–water partition coefficient (Wildman–Crippen LogP) is 0.759. The molecular formula is C13H16N4O3. The van der Waals surface area contributed by atoms with Gasteiger partial charge in [0.2, 0.25) is 0 Å². The number of hydrogen-bond donors (Lipinski definition) is 3. The molecule has 1 aromatic rings. The summed E-state index contributed by atoms with van der Waals surface area (Å²) in [6.07, 6.45) is 0. The average Bonchev–Trinajstić information content (AvgIpc) is 2.50. The number of amides is 2. The standard InChI is InChI=1S/C13H16N4O3/c1-9(10(2)17-20)15-16-12(18)8-14-13(19)11-6-4-3-5-7-11/h3-7,20H,8H2,1-2H3,(H,14,19)(H,16,18). The summed E-state index contributed by atoms with van der Waals surface area (Å²) in [7, 11) is 0. The summed E-state index contributed by atoms with van der Waals surface area (Å²) < 4.78 is 0. The first-order chi connectivity index (χ1) is 9.54. The van der Waals surface area contributed by atoms with Gasteiger partial charge in [0.25, 0.3) is 11.8 Å². The van der Waals surface area contributed by atoms with Crippen LogP contribution in [0.25, 0.3) is 0 Å². The van der Waals surface area contributed by atoms with Gasteiger partial charge in [-0.25, -0.2) is 5.43 Å². The zero-order valence-corrected chi connectivity index (χ0v) is 11.3. The number of hydrogen-bond acceptors (Lipinski definition) is 5. The topological polar surface area (TPSA) is 103 Å². The number of hydrazone groups is 1. The largest absolute Gasteiger partial charge is 0.411 e. The van der Waals surface area contributed by atoms with Crippen molar-refractivity contribution < 1.29 is 14.8 Å². The number of rotatable bonds is 5. The highest BCUT2D eigenvalue weighted by atomic mass is 16.4. The smallest absolute Gasteiger partial charge is 0.259 e. The molecule has 0 saturated heterocycles. The van der Waals surface area contributed by atoms with Crippen LogP contribution in [-0.2, 0) is 4.79 Å². The van der Waals surface area contributed by atoms with Gasteiger partial charge in [-0.05, 0) is 26.0 Å². The Morgan fingerprint density at radius 3 is 2.40 bits per heavy atom. The Balaban J connectivity index is 2.43. The van der Waals surface area contributed by atoms with Crippen molar-refractivity contribution in [2.75, 3.05) is 6.54 Å². The van der Waals surface area contributed by atoms with Crippen molar-refractivity contribution in [3.8, 4) is 0 Å². The van der Waals surface area contributed by atoms with Gasteiger partial charge in [0, 0.05) is 5.56 Å². The van der Waals surface area contributed by atoms with E-state index in [0.717, 1.165) is 0 Å². The zero-order valence-electron chi connectivity index (χ0n) is 11.3. The summed E-state index contributed by atoms with van der Waals surface area (Å²) in [5.41, 5.74) is 3.38. The molecule has 2 amide bonds. The average molecular weight is 276 g/mol. The van der Waals surface area contributed by atoms with Crippen LogP contribution in [-0.4, -0.2) is 35.0 Å². The fourth-order valence-corrected chi connectivity index (χ4v) is 1.19. The maximum Gasteiger partial charge on any atom is 0.259 e. The van der Waals surface area contributed by atoms with Crippen molar-refractivity contribution in [1.29, 1.82) is 0 Å². The van der Waals surface area contributed by atoms with Gasteiger partial charge in [0.05, 0.1) is 18.0 Å². The van der Waals surface area contributed by atoms with Gasteiger partial charge < -0.3 is 10.5 Å². The van der Waals surface area contributed by atoms with E-state index in [1.165, 1.54) is 0 Å². The monoisotopic (exact) mass is 276 g/mol. The molecule has 0 fully saturated rings. The summed E-state index contributed by atoms with van der Waals surface area (Å²) in [6, 6.07) is 8.57. The highest BCUT2D eigenvalue weighted by Crippen LogP contribution is 1.97. The molecule has 7 heteroatoms. The lowest BCUT2D eigenvalue weighted by molar-refractivity contribution is -0.120. The second-order valence-electron chi connectivity index (χ2n) is 3.97. The first-order valence-electron chi connectivity index (χ1n) is 5.90. The molecule has 20 heavy (non-hydrogen) atoms. The molecule has 0 atom stereocenters. The number of carbonyl (C=O) groups excluding carboxylic acids is 2. The molecule has 0 aliphatic carbocycles. The fraction of sp³-hybridized carbons (Fsp3) is 0.231. The maximum atomic E-state index is 11.7. The summed E-state index contributed by atoms with van der Waals surface area (Å²) in [4.78, 5) is 23.1. The van der Waals surface area contributed by atoms with Crippen LogP contribution in [0, 0.1) is 0 Å². The van der Waals surface area contributed by atoms with E-state index in [0.29, 0.717) is 17.0 Å². The predicted molar refractivity (Wildman–Crippen MR) is 74.9 cm³/mol. The van der Waals surface area contributed by atoms with Crippen molar-refractivity contribution >= 4 is 23.2 Å². The van der Waals surface area contributed by atoms with E-state index in [1.807, 2.05) is 0 Å². The van der Waals surface area contributed by atoms with E-state index in [-0.39, 0.29) is 12.5 Å². The third-order valence-corrected chi connectivity index (χ3v) is 2.47. The molecular weight excluding hydrogens is 260 g/mol. The Bertz CT molecular complexity index is 538. The Morgan fingerprint density at radius 1 is 1.15 bits per heavy atom. The molecule has 1 aromatic carbocycles. The number of oxime groups is 1. The molecule has 1 rings (SSSR count). The number of carbonyl (C=O) groups is 2. The van der Waals surface area contributed by atoms with Crippen molar-refractivity contribution in [2.45, 2.75) is 13.8 Å². The minimum absolute atomic E-state index is 0.195. The zero-order chi connectivity index (χ0) is 15.0. The SMILES string of the molecule is CC(=NO)C(C)=NNC(=O)CNC(=O)c1ccccc1. The van der Waals surface area contributed by atoms with Gasteiger partial charge in [0.1, 0.15) is 0 Å². The number of benzene rings is 1. The van der Waals surface area contributed by atoms with E-state index >= 15 is 0 Å². The molecule has 0 unspecified atom stereocenters. The molecule has 0 aliphatic heterocycles. The van der Waals surface area contributed by atoms with Crippen LogP contribution in [0.1, 0.15) is 24.2 Å². The number of nitrogens with one attached hydrogen (secondary N) is 2. The molecule has 3 N–H and O–H groups in total. The first kappa shape index (κ1) is 15.4. The highest BCUT2D eigenvalue weighted by Gasteiger charge is 2.07. The van der Waals surface area contributed by atoms with Crippen molar-refractivity contribution in [2.24, 2.45) is 10.3 Å². The van der Waals surface area contributed by atoms with Crippen LogP contribution < -0.4 is 10.7 Å². The Labute approximate surface area is 116 Å². The van der Waals surface area contributed by atoms with Gasteiger partial charge in [-0.1, -0.05) is 23.4 Å². The summed E-state index contributed by atoms with van der Waals surface area (Å²) in [5, 5.41) is 17.6. The molecule has 0 aliphatic rings. The van der Waals surface area contributed by atoms with Crippen LogP contribution in [0.15, 0.2) is 40.6 Å². The normalized spacial score (nSPS) is 11.9. The fourth-order valence-electron chi connectivity index (χ4n) is 1.19. The second-order valence-corrected chi connectivity index (χ2v) is 3.97. The van der Waals surface area contributed by atoms with Gasteiger partial charge in [-0.3, -0.25) is 9.59 Å². The molecule has 0 aromatic heterocycles. The second kappa shape index (κ2) is 7.67. The van der Waals surface area contributed by atoms with E-state index in [1.54, 1.807) is 44.2 Å². The molecule has 0 saturated carbocycles. The van der Waals surface area contributed by atoms with Gasteiger partial charge in [-0.2, -0.15) is 5.10 Å². The van der Waals surface area contributed by atoms with E-state index in [2.05, 4.69) is 21.0 Å². The minimum atomic E-state index is -0.473. The lowest BCUT2D eigenvalue weighted by Crippen LogP contribution is -2.35. The van der Waals surface area contributed by atoms with Crippen LogP contribution in [0.3, 0.4) is 0 Å². The van der Waals surface area contributed by atoms with E-state index < -0.39 is 5.91 Å². The van der Waals surface area contributed by atoms with Crippen LogP contribution in [0.5, 0.6) is 0 Å². The first-order valence-corrected chi connectivity index (χ1v) is 5.90. The van der Waals surface area contributed by atoms with Crippen LogP contribution in [0.4, 0.5) is 0 Å². The van der Waals surface area contributed by atoms with Gasteiger partial charge in [-0.15, -0.1) is 0 Å². The number of nitrogens with zero attached hydrogens (tertiary/aromatic N) is 2. The van der Waals surface area contributed by atoms with Crippen molar-refractivity contribution in [3.05, 3.63) is 35.9 Å². The third kappa shape index (κ3) is 4.89. The summed E-state index contributed by atoms with van der Waals surface area (Å²) in [6.45, 7) is 2.93. The lowest BCUT2D eigenvalue weighted by atomic mass is 10.2. The Kier molecular flexibility index (Phi) is 5.89. The lowest BCUT2D eigenvalue weighted by Gasteiger charge is -2.04. The Hall–Kier alpha value is -2.70. The molecule has 0 radical (unpaired) electrons.